The van der Waals surface area contributed by atoms with Gasteiger partial charge in [0.15, 0.2) is 11.5 Å². The number of imidazole rings is 1. The first-order chi connectivity index (χ1) is 21.3. The Morgan fingerprint density at radius 2 is 1.66 bits per heavy atom. The molecule has 4 aromatic rings. The molecule has 1 fully saturated rings. The number of hydrogen-bond donors (Lipinski definition) is 2. The Hall–Kier alpha value is -4.29. The molecule has 1 unspecified atom stereocenters. The molecule has 11 nitrogen and oxygen atoms in total. The molecule has 12 heteroatoms. The van der Waals surface area contributed by atoms with E-state index in [0.717, 1.165) is 35.2 Å². The van der Waals surface area contributed by atoms with E-state index < -0.39 is 0 Å². The molecule has 2 aromatic carbocycles. The number of halogens is 1. The van der Waals surface area contributed by atoms with Crippen molar-refractivity contribution in [3.63, 3.8) is 0 Å². The summed E-state index contributed by atoms with van der Waals surface area (Å²) in [7, 11) is 0. The molecule has 2 aliphatic heterocycles. The minimum atomic E-state index is -0.331. The molecule has 1 atom stereocenters. The summed E-state index contributed by atoms with van der Waals surface area (Å²) in [4.78, 5) is 50.9. The Bertz CT molecular complexity index is 1720. The number of aryl methyl sites for hydroxylation is 1. The molecule has 228 valence electrons. The van der Waals surface area contributed by atoms with Crippen LogP contribution in [-0.4, -0.2) is 77.5 Å². The zero-order valence-electron chi connectivity index (χ0n) is 24.7. The van der Waals surface area contributed by atoms with E-state index >= 15 is 0 Å². The molecule has 0 saturated carbocycles. The highest BCUT2D eigenvalue weighted by atomic mass is 79.9. The lowest BCUT2D eigenvalue weighted by Gasteiger charge is -2.34. The van der Waals surface area contributed by atoms with Gasteiger partial charge in [-0.25, -0.2) is 9.97 Å². The maximum Gasteiger partial charge on any atom is 0.271 e. The van der Waals surface area contributed by atoms with Gasteiger partial charge in [0.25, 0.3) is 11.8 Å². The van der Waals surface area contributed by atoms with Crippen molar-refractivity contribution in [1.29, 1.82) is 0 Å². The average Bonchev–Trinajstić information content (AvgIpc) is 3.46. The monoisotopic (exact) mass is 659 g/mol. The van der Waals surface area contributed by atoms with Gasteiger partial charge in [0.05, 0.1) is 13.2 Å². The number of ether oxygens (including phenoxy) is 1. The lowest BCUT2D eigenvalue weighted by molar-refractivity contribution is -0.117. The standard InChI is InChI=1S/C32H34BrN7O4/c1-20-3-4-25-17-24(9-10-27(25)40(20)21(2)41)22-5-7-23(8-6-22)31(42)34-11-12-35-32(43)26-18-39-19-28(33)37-30(29(39)36-26)38-13-15-44-16-14-38/h5-10,17-20H,3-4,11-16H2,1-2H3,(H,34,42)(H,35,43). The molecule has 3 amide bonds. The fourth-order valence-electron chi connectivity index (χ4n) is 5.82. The van der Waals surface area contributed by atoms with Crippen LogP contribution in [0.2, 0.25) is 0 Å². The second-order valence-corrected chi connectivity index (χ2v) is 11.9. The second kappa shape index (κ2) is 12.7. The maximum atomic E-state index is 12.8. The quantitative estimate of drug-likeness (QED) is 0.289. The molecule has 0 radical (unpaired) electrons. The molecule has 0 aliphatic carbocycles. The molecule has 2 aromatic heterocycles. The SMILES string of the molecule is CC(=O)N1c2ccc(-c3ccc(C(=O)NCCNC(=O)c4cn5cc(Br)nc(N6CCOCC6)c5n4)cc3)cc2CCC1C. The molecule has 44 heavy (non-hydrogen) atoms. The van der Waals surface area contributed by atoms with Gasteiger partial charge in [-0.05, 0) is 76.7 Å². The third-order valence-electron chi connectivity index (χ3n) is 8.06. The highest BCUT2D eigenvalue weighted by molar-refractivity contribution is 9.10. The Morgan fingerprint density at radius 3 is 2.39 bits per heavy atom. The number of nitrogens with one attached hydrogen (secondary N) is 2. The van der Waals surface area contributed by atoms with Gasteiger partial charge < -0.3 is 29.6 Å². The summed E-state index contributed by atoms with van der Waals surface area (Å²) in [5.41, 5.74) is 5.58. The Kier molecular flexibility index (Phi) is 8.62. The third kappa shape index (κ3) is 6.18. The van der Waals surface area contributed by atoms with Crippen molar-refractivity contribution >= 4 is 50.8 Å². The van der Waals surface area contributed by atoms with Crippen molar-refractivity contribution < 1.29 is 19.1 Å². The van der Waals surface area contributed by atoms with E-state index in [2.05, 4.69) is 54.4 Å². The minimum Gasteiger partial charge on any atom is -0.378 e. The van der Waals surface area contributed by atoms with Gasteiger partial charge in [-0.3, -0.25) is 14.4 Å². The Labute approximate surface area is 263 Å². The van der Waals surface area contributed by atoms with E-state index in [1.165, 1.54) is 0 Å². The van der Waals surface area contributed by atoms with E-state index in [1.54, 1.807) is 35.9 Å². The van der Waals surface area contributed by atoms with Crippen molar-refractivity contribution in [2.45, 2.75) is 32.7 Å². The molecule has 1 saturated heterocycles. The van der Waals surface area contributed by atoms with Crippen LogP contribution in [0.3, 0.4) is 0 Å². The lowest BCUT2D eigenvalue weighted by Crippen LogP contribution is -2.40. The number of carbonyl (C=O) groups excluding carboxylic acids is 3. The van der Waals surface area contributed by atoms with Crippen molar-refractivity contribution in [2.75, 3.05) is 49.2 Å². The Morgan fingerprint density at radius 1 is 0.955 bits per heavy atom. The summed E-state index contributed by atoms with van der Waals surface area (Å²) < 4.78 is 7.88. The van der Waals surface area contributed by atoms with Crippen LogP contribution in [0.15, 0.2) is 59.5 Å². The van der Waals surface area contributed by atoms with Crippen LogP contribution in [0.25, 0.3) is 16.8 Å². The van der Waals surface area contributed by atoms with Crippen LogP contribution in [0.5, 0.6) is 0 Å². The number of hydrogen-bond acceptors (Lipinski definition) is 7. The van der Waals surface area contributed by atoms with Crippen LogP contribution in [0.1, 0.15) is 46.7 Å². The molecular weight excluding hydrogens is 626 g/mol. The van der Waals surface area contributed by atoms with E-state index in [9.17, 15) is 14.4 Å². The minimum absolute atomic E-state index is 0.0559. The molecule has 0 bridgehead atoms. The highest BCUT2D eigenvalue weighted by Crippen LogP contribution is 2.34. The first kappa shape index (κ1) is 29.8. The van der Waals surface area contributed by atoms with Crippen molar-refractivity contribution in [1.82, 2.24) is 25.0 Å². The van der Waals surface area contributed by atoms with Gasteiger partial charge in [-0.1, -0.05) is 18.2 Å². The molecular formula is C32H34BrN7O4. The summed E-state index contributed by atoms with van der Waals surface area (Å²) in [6.45, 7) is 6.82. The van der Waals surface area contributed by atoms with Crippen LogP contribution in [0, 0.1) is 0 Å². The zero-order chi connectivity index (χ0) is 30.8. The van der Waals surface area contributed by atoms with Gasteiger partial charge in [-0.15, -0.1) is 0 Å². The fraction of sp³-hybridized carbons (Fsp3) is 0.344. The van der Waals surface area contributed by atoms with E-state index in [-0.39, 0.29) is 42.5 Å². The smallest absolute Gasteiger partial charge is 0.271 e. The number of morpholine rings is 1. The molecule has 2 N–H and O–H groups in total. The topological polar surface area (TPSA) is 121 Å². The van der Waals surface area contributed by atoms with Crippen molar-refractivity contribution in [2.24, 2.45) is 0 Å². The van der Waals surface area contributed by atoms with Gasteiger partial charge in [-0.2, -0.15) is 0 Å². The number of nitrogens with zero attached hydrogens (tertiary/aromatic N) is 5. The van der Waals surface area contributed by atoms with Gasteiger partial charge in [0, 0.05) is 62.8 Å². The number of rotatable bonds is 7. The number of benzene rings is 2. The zero-order valence-corrected chi connectivity index (χ0v) is 26.3. The number of amides is 3. The van der Waals surface area contributed by atoms with E-state index in [1.807, 2.05) is 29.2 Å². The highest BCUT2D eigenvalue weighted by Gasteiger charge is 2.26. The predicted molar refractivity (Wildman–Crippen MR) is 171 cm³/mol. The largest absolute Gasteiger partial charge is 0.378 e. The van der Waals surface area contributed by atoms with Gasteiger partial charge in [0.2, 0.25) is 5.91 Å². The van der Waals surface area contributed by atoms with Gasteiger partial charge >= 0.3 is 0 Å². The summed E-state index contributed by atoms with van der Waals surface area (Å²) in [5, 5.41) is 5.69. The van der Waals surface area contributed by atoms with Crippen LogP contribution >= 0.6 is 15.9 Å². The lowest BCUT2D eigenvalue weighted by atomic mass is 9.93. The average molecular weight is 661 g/mol. The van der Waals surface area contributed by atoms with Crippen molar-refractivity contribution in [3.8, 4) is 11.1 Å². The summed E-state index contributed by atoms with van der Waals surface area (Å²) in [6, 6.07) is 13.8. The maximum absolute atomic E-state index is 12.8. The predicted octanol–water partition coefficient (Wildman–Crippen LogP) is 3.84. The first-order valence-corrected chi connectivity index (χ1v) is 15.6. The van der Waals surface area contributed by atoms with Crippen LogP contribution in [-0.2, 0) is 16.0 Å². The van der Waals surface area contributed by atoms with E-state index in [0.29, 0.717) is 47.9 Å². The van der Waals surface area contributed by atoms with E-state index in [4.69, 9.17) is 4.74 Å². The molecule has 4 heterocycles. The molecule has 6 rings (SSSR count). The first-order valence-electron chi connectivity index (χ1n) is 14.8. The Balaban J connectivity index is 1.03. The molecule has 2 aliphatic rings. The number of anilines is 2. The third-order valence-corrected chi connectivity index (χ3v) is 8.44. The van der Waals surface area contributed by atoms with Gasteiger partial charge in [0.1, 0.15) is 10.3 Å². The summed E-state index contributed by atoms with van der Waals surface area (Å²) in [6.07, 6.45) is 5.29. The number of aromatic nitrogens is 3. The van der Waals surface area contributed by atoms with Crippen molar-refractivity contribution in [3.05, 3.63) is 76.3 Å². The second-order valence-electron chi connectivity index (χ2n) is 11.1. The normalized spacial score (nSPS) is 16.5. The summed E-state index contributed by atoms with van der Waals surface area (Å²) in [5.74, 6) is 0.199. The number of carbonyl (C=O) groups is 3. The fourth-order valence-corrected chi connectivity index (χ4v) is 6.21. The van der Waals surface area contributed by atoms with Crippen LogP contribution in [0.4, 0.5) is 11.5 Å². The summed E-state index contributed by atoms with van der Waals surface area (Å²) >= 11 is 3.45. The van der Waals surface area contributed by atoms with Crippen LogP contribution < -0.4 is 20.4 Å². The number of fused-ring (bicyclic) bond motifs is 2. The molecule has 0 spiro atoms.